The SMILES string of the molecule is CSC1CCC(C#N)(NC2CC2)C1. The Morgan fingerprint density at radius 1 is 1.46 bits per heavy atom. The molecule has 0 aromatic carbocycles. The first kappa shape index (κ1) is 9.36. The van der Waals surface area contributed by atoms with Gasteiger partial charge in [-0.3, -0.25) is 5.32 Å². The minimum atomic E-state index is -0.172. The van der Waals surface area contributed by atoms with Crippen molar-refractivity contribution in [1.82, 2.24) is 5.32 Å². The summed E-state index contributed by atoms with van der Waals surface area (Å²) in [5.74, 6) is 0. The molecule has 0 aromatic heterocycles. The van der Waals surface area contributed by atoms with E-state index in [0.29, 0.717) is 11.3 Å². The zero-order valence-corrected chi connectivity index (χ0v) is 8.86. The van der Waals surface area contributed by atoms with Crippen LogP contribution in [0.4, 0.5) is 0 Å². The summed E-state index contributed by atoms with van der Waals surface area (Å²) >= 11 is 1.91. The molecule has 2 aliphatic rings. The van der Waals surface area contributed by atoms with Gasteiger partial charge < -0.3 is 0 Å². The molecule has 1 N–H and O–H groups in total. The van der Waals surface area contributed by atoms with E-state index in [9.17, 15) is 5.26 Å². The maximum atomic E-state index is 9.18. The second kappa shape index (κ2) is 3.51. The molecule has 0 radical (unpaired) electrons. The fourth-order valence-corrected chi connectivity index (χ4v) is 2.89. The van der Waals surface area contributed by atoms with E-state index in [1.54, 1.807) is 0 Å². The number of rotatable bonds is 3. The van der Waals surface area contributed by atoms with Gasteiger partial charge in [0, 0.05) is 11.3 Å². The van der Waals surface area contributed by atoms with Crippen LogP contribution in [0.2, 0.25) is 0 Å². The molecule has 72 valence electrons. The number of hydrogen-bond acceptors (Lipinski definition) is 3. The van der Waals surface area contributed by atoms with Crippen molar-refractivity contribution in [3.8, 4) is 6.07 Å². The van der Waals surface area contributed by atoms with Crippen LogP contribution >= 0.6 is 11.8 Å². The molecular weight excluding hydrogens is 180 g/mol. The van der Waals surface area contributed by atoms with Gasteiger partial charge in [0.25, 0.3) is 0 Å². The van der Waals surface area contributed by atoms with E-state index in [4.69, 9.17) is 0 Å². The highest BCUT2D eigenvalue weighted by atomic mass is 32.2. The summed E-state index contributed by atoms with van der Waals surface area (Å²) < 4.78 is 0. The van der Waals surface area contributed by atoms with Crippen LogP contribution in [0, 0.1) is 11.3 Å². The predicted molar refractivity (Wildman–Crippen MR) is 55.7 cm³/mol. The zero-order chi connectivity index (χ0) is 9.31. The van der Waals surface area contributed by atoms with Gasteiger partial charge in [0.05, 0.1) is 6.07 Å². The minimum Gasteiger partial charge on any atom is -0.297 e. The third-order valence-electron chi connectivity index (χ3n) is 3.07. The molecule has 2 unspecified atom stereocenters. The van der Waals surface area contributed by atoms with Crippen molar-refractivity contribution in [2.75, 3.05) is 6.26 Å². The summed E-state index contributed by atoms with van der Waals surface area (Å²) in [5.41, 5.74) is -0.172. The lowest BCUT2D eigenvalue weighted by Crippen LogP contribution is -2.43. The van der Waals surface area contributed by atoms with E-state index in [-0.39, 0.29) is 5.54 Å². The average molecular weight is 196 g/mol. The minimum absolute atomic E-state index is 0.172. The molecule has 2 atom stereocenters. The first-order chi connectivity index (χ1) is 6.28. The van der Waals surface area contributed by atoms with Crippen LogP contribution in [0.25, 0.3) is 0 Å². The molecule has 2 nitrogen and oxygen atoms in total. The van der Waals surface area contributed by atoms with Gasteiger partial charge in [0.2, 0.25) is 0 Å². The van der Waals surface area contributed by atoms with E-state index in [1.165, 1.54) is 19.3 Å². The van der Waals surface area contributed by atoms with Gasteiger partial charge in [-0.15, -0.1) is 0 Å². The van der Waals surface area contributed by atoms with Gasteiger partial charge in [-0.1, -0.05) is 0 Å². The molecule has 0 amide bonds. The third kappa shape index (κ3) is 2.00. The van der Waals surface area contributed by atoms with Crippen molar-refractivity contribution in [3.63, 3.8) is 0 Å². The highest BCUT2D eigenvalue weighted by molar-refractivity contribution is 7.99. The van der Waals surface area contributed by atoms with Crippen molar-refractivity contribution >= 4 is 11.8 Å². The summed E-state index contributed by atoms with van der Waals surface area (Å²) in [6.07, 6.45) is 7.98. The molecule has 3 heteroatoms. The van der Waals surface area contributed by atoms with E-state index in [0.717, 1.165) is 12.8 Å². The Kier molecular flexibility index (Phi) is 2.53. The molecule has 0 aliphatic heterocycles. The lowest BCUT2D eigenvalue weighted by molar-refractivity contribution is 0.420. The quantitative estimate of drug-likeness (QED) is 0.749. The molecule has 0 aromatic rings. The zero-order valence-electron chi connectivity index (χ0n) is 8.05. The first-order valence-corrected chi connectivity index (χ1v) is 6.28. The number of nitrogens with zero attached hydrogens (tertiary/aromatic N) is 1. The van der Waals surface area contributed by atoms with Crippen LogP contribution in [0.5, 0.6) is 0 Å². The molecule has 13 heavy (non-hydrogen) atoms. The van der Waals surface area contributed by atoms with Crippen molar-refractivity contribution in [3.05, 3.63) is 0 Å². The van der Waals surface area contributed by atoms with Crippen molar-refractivity contribution < 1.29 is 0 Å². The van der Waals surface area contributed by atoms with Gasteiger partial charge in [-0.25, -0.2) is 0 Å². The van der Waals surface area contributed by atoms with Crippen LogP contribution in [-0.4, -0.2) is 23.1 Å². The first-order valence-electron chi connectivity index (χ1n) is 5.00. The number of nitrogens with one attached hydrogen (secondary N) is 1. The lowest BCUT2D eigenvalue weighted by atomic mass is 10.00. The fraction of sp³-hybridized carbons (Fsp3) is 0.900. The van der Waals surface area contributed by atoms with E-state index >= 15 is 0 Å². The molecule has 2 fully saturated rings. The third-order valence-corrected chi connectivity index (χ3v) is 4.14. The van der Waals surface area contributed by atoms with Gasteiger partial charge in [0.1, 0.15) is 5.54 Å². The summed E-state index contributed by atoms with van der Waals surface area (Å²) in [5, 5.41) is 13.4. The number of thioether (sulfide) groups is 1. The van der Waals surface area contributed by atoms with E-state index in [1.807, 2.05) is 11.8 Å². The van der Waals surface area contributed by atoms with E-state index < -0.39 is 0 Å². The van der Waals surface area contributed by atoms with Gasteiger partial charge in [-0.05, 0) is 38.4 Å². The maximum absolute atomic E-state index is 9.18. The van der Waals surface area contributed by atoms with Crippen LogP contribution in [0.15, 0.2) is 0 Å². The fourth-order valence-electron chi connectivity index (χ4n) is 2.08. The van der Waals surface area contributed by atoms with Crippen molar-refractivity contribution in [1.29, 1.82) is 5.26 Å². The predicted octanol–water partition coefficient (Wildman–Crippen LogP) is 1.92. The Morgan fingerprint density at radius 2 is 2.23 bits per heavy atom. The maximum Gasteiger partial charge on any atom is 0.108 e. The van der Waals surface area contributed by atoms with Crippen LogP contribution in [0.3, 0.4) is 0 Å². The van der Waals surface area contributed by atoms with Gasteiger partial charge in [-0.2, -0.15) is 17.0 Å². The molecule has 0 bridgehead atoms. The summed E-state index contributed by atoms with van der Waals surface area (Å²) in [6, 6.07) is 3.14. The Balaban J connectivity index is 1.96. The smallest absolute Gasteiger partial charge is 0.108 e. The van der Waals surface area contributed by atoms with Gasteiger partial charge >= 0.3 is 0 Å². The molecule has 2 rings (SSSR count). The Bertz CT molecular complexity index is 232. The highest BCUT2D eigenvalue weighted by Crippen LogP contribution is 2.38. The second-order valence-electron chi connectivity index (χ2n) is 4.21. The molecule has 0 saturated heterocycles. The Labute approximate surface area is 84.1 Å². The Hall–Kier alpha value is -0.200. The summed E-state index contributed by atoms with van der Waals surface area (Å²) in [7, 11) is 0. The number of nitriles is 1. The van der Waals surface area contributed by atoms with Crippen LogP contribution in [0.1, 0.15) is 32.1 Å². The second-order valence-corrected chi connectivity index (χ2v) is 5.35. The highest BCUT2D eigenvalue weighted by Gasteiger charge is 2.42. The lowest BCUT2D eigenvalue weighted by Gasteiger charge is -2.22. The van der Waals surface area contributed by atoms with Crippen LogP contribution in [-0.2, 0) is 0 Å². The molecule has 2 saturated carbocycles. The van der Waals surface area contributed by atoms with Crippen molar-refractivity contribution in [2.45, 2.75) is 48.9 Å². The van der Waals surface area contributed by atoms with Gasteiger partial charge in [0.15, 0.2) is 0 Å². The summed E-state index contributed by atoms with van der Waals surface area (Å²) in [4.78, 5) is 0. The normalized spacial score (nSPS) is 38.9. The largest absolute Gasteiger partial charge is 0.297 e. The monoisotopic (exact) mass is 196 g/mol. The molecule has 0 spiro atoms. The van der Waals surface area contributed by atoms with Crippen LogP contribution < -0.4 is 5.32 Å². The number of hydrogen-bond donors (Lipinski definition) is 1. The molecule has 2 aliphatic carbocycles. The molecular formula is C10H16N2S. The Morgan fingerprint density at radius 3 is 2.69 bits per heavy atom. The molecule has 0 heterocycles. The van der Waals surface area contributed by atoms with E-state index in [2.05, 4.69) is 17.6 Å². The standard InChI is InChI=1S/C10H16N2S/c1-13-9-4-5-10(6-9,7-11)12-8-2-3-8/h8-9,12H,2-6H2,1H3. The van der Waals surface area contributed by atoms with Crippen molar-refractivity contribution in [2.24, 2.45) is 0 Å². The summed E-state index contributed by atoms with van der Waals surface area (Å²) in [6.45, 7) is 0. The average Bonchev–Trinajstić information content (AvgIpc) is 2.85. The topological polar surface area (TPSA) is 35.8 Å².